The van der Waals surface area contributed by atoms with Gasteiger partial charge in [-0.15, -0.1) is 0 Å². The molecule has 20 heavy (non-hydrogen) atoms. The number of benzene rings is 1. The normalized spacial score (nSPS) is 17.8. The lowest BCUT2D eigenvalue weighted by Crippen LogP contribution is -2.21. The maximum Gasteiger partial charge on any atom is 0.153 e. The molecule has 1 aliphatic rings. The number of aldehydes is 1. The molecule has 2 aromatic rings. The summed E-state index contributed by atoms with van der Waals surface area (Å²) in [5, 5.41) is 4.45. The summed E-state index contributed by atoms with van der Waals surface area (Å²) < 4.78 is 7.78. The zero-order valence-electron chi connectivity index (χ0n) is 11.8. The molecule has 1 aromatic carbocycles. The Kier molecular flexibility index (Phi) is 3.40. The molecule has 0 amide bonds. The summed E-state index contributed by atoms with van der Waals surface area (Å²) in [5.41, 5.74) is 4.96. The van der Waals surface area contributed by atoms with Crippen molar-refractivity contribution in [2.24, 2.45) is 0 Å². The first-order valence-corrected chi connectivity index (χ1v) is 6.89. The van der Waals surface area contributed by atoms with Gasteiger partial charge in [-0.25, -0.2) is 0 Å². The van der Waals surface area contributed by atoms with E-state index in [-0.39, 0.29) is 6.10 Å². The number of aromatic nitrogens is 2. The Morgan fingerprint density at radius 3 is 2.95 bits per heavy atom. The van der Waals surface area contributed by atoms with Crippen molar-refractivity contribution in [3.8, 4) is 0 Å². The van der Waals surface area contributed by atoms with E-state index in [0.29, 0.717) is 12.1 Å². The third kappa shape index (κ3) is 2.16. The number of fused-ring (bicyclic) bond motifs is 1. The molecule has 0 saturated carbocycles. The Morgan fingerprint density at radius 1 is 1.40 bits per heavy atom. The fraction of sp³-hybridized carbons (Fsp3) is 0.375. The van der Waals surface area contributed by atoms with Crippen molar-refractivity contribution in [3.05, 3.63) is 52.3 Å². The number of hydrogen-bond acceptors (Lipinski definition) is 3. The third-order valence-electron chi connectivity index (χ3n) is 3.99. The first-order chi connectivity index (χ1) is 9.70. The molecule has 3 rings (SSSR count). The van der Waals surface area contributed by atoms with Crippen LogP contribution in [0.4, 0.5) is 0 Å². The van der Waals surface area contributed by atoms with Crippen molar-refractivity contribution < 1.29 is 9.53 Å². The van der Waals surface area contributed by atoms with Crippen molar-refractivity contribution in [2.45, 2.75) is 32.9 Å². The van der Waals surface area contributed by atoms with Crippen molar-refractivity contribution in [3.63, 3.8) is 0 Å². The topological polar surface area (TPSA) is 44.1 Å². The van der Waals surface area contributed by atoms with Crippen LogP contribution in [0.25, 0.3) is 0 Å². The smallest absolute Gasteiger partial charge is 0.153 e. The second-order valence-electron chi connectivity index (χ2n) is 5.19. The monoisotopic (exact) mass is 270 g/mol. The first kappa shape index (κ1) is 13.1. The minimum atomic E-state index is 0.0115. The quantitative estimate of drug-likeness (QED) is 0.805. The highest BCUT2D eigenvalue weighted by molar-refractivity contribution is 5.78. The number of nitrogens with zero attached hydrogens (tertiary/aromatic N) is 2. The van der Waals surface area contributed by atoms with Gasteiger partial charge >= 0.3 is 0 Å². The van der Waals surface area contributed by atoms with Gasteiger partial charge in [0.25, 0.3) is 0 Å². The molecule has 4 nitrogen and oxygen atoms in total. The maximum absolute atomic E-state index is 11.1. The highest BCUT2D eigenvalue weighted by Gasteiger charge is 2.22. The molecule has 0 fully saturated rings. The summed E-state index contributed by atoms with van der Waals surface area (Å²) in [5.74, 6) is 0. The largest absolute Gasteiger partial charge is 0.371 e. The van der Waals surface area contributed by atoms with Crippen molar-refractivity contribution >= 4 is 6.29 Å². The van der Waals surface area contributed by atoms with Gasteiger partial charge in [-0.3, -0.25) is 9.48 Å². The average Bonchev–Trinajstić information content (AvgIpc) is 2.73. The molecule has 1 aromatic heterocycles. The number of aryl methyl sites for hydroxylation is 1. The van der Waals surface area contributed by atoms with Gasteiger partial charge in [-0.05, 0) is 31.4 Å². The second kappa shape index (κ2) is 5.21. The predicted molar refractivity (Wildman–Crippen MR) is 75.9 cm³/mol. The van der Waals surface area contributed by atoms with Crippen molar-refractivity contribution in [2.75, 3.05) is 6.61 Å². The van der Waals surface area contributed by atoms with Gasteiger partial charge in [0.05, 0.1) is 24.4 Å². The van der Waals surface area contributed by atoms with Gasteiger partial charge in [0.15, 0.2) is 6.29 Å². The number of hydrogen-bond donors (Lipinski definition) is 0. The molecule has 0 N–H and O–H groups in total. The number of carbonyl (C=O) groups excluding carboxylic acids is 1. The van der Waals surface area contributed by atoms with E-state index in [2.05, 4.69) is 23.3 Å². The summed E-state index contributed by atoms with van der Waals surface area (Å²) in [6.07, 6.45) is 1.85. The molecule has 1 aliphatic heterocycles. The summed E-state index contributed by atoms with van der Waals surface area (Å²) >= 11 is 0. The van der Waals surface area contributed by atoms with Gasteiger partial charge in [0.1, 0.15) is 6.10 Å². The molecule has 104 valence electrons. The number of rotatable bonds is 3. The van der Waals surface area contributed by atoms with E-state index in [1.165, 1.54) is 11.1 Å². The van der Waals surface area contributed by atoms with Crippen molar-refractivity contribution in [1.29, 1.82) is 0 Å². The fourth-order valence-corrected chi connectivity index (χ4v) is 2.84. The zero-order valence-corrected chi connectivity index (χ0v) is 11.8. The van der Waals surface area contributed by atoms with Gasteiger partial charge in [0.2, 0.25) is 0 Å². The van der Waals surface area contributed by atoms with Crippen LogP contribution in [0.2, 0.25) is 0 Å². The van der Waals surface area contributed by atoms with E-state index < -0.39 is 0 Å². The molecule has 0 aliphatic carbocycles. The van der Waals surface area contributed by atoms with Crippen LogP contribution in [0.3, 0.4) is 0 Å². The molecule has 1 atom stereocenters. The lowest BCUT2D eigenvalue weighted by Gasteiger charge is -2.26. The molecule has 0 saturated heterocycles. The van der Waals surface area contributed by atoms with Crippen LogP contribution in [-0.2, 0) is 17.7 Å². The summed E-state index contributed by atoms with van der Waals surface area (Å²) in [7, 11) is 0. The lowest BCUT2D eigenvalue weighted by atomic mass is 9.97. The van der Waals surface area contributed by atoms with Gasteiger partial charge in [-0.2, -0.15) is 5.10 Å². The molecule has 4 heteroatoms. The highest BCUT2D eigenvalue weighted by atomic mass is 16.5. The number of carbonyl (C=O) groups is 1. The molecule has 0 bridgehead atoms. The molecule has 0 radical (unpaired) electrons. The minimum absolute atomic E-state index is 0.0115. The van der Waals surface area contributed by atoms with Crippen LogP contribution in [0.5, 0.6) is 0 Å². The van der Waals surface area contributed by atoms with Crippen LogP contribution in [-0.4, -0.2) is 22.7 Å². The SMILES string of the molecule is Cc1nn(CC2OCCc3ccccc32)c(C)c1C=O. The van der Waals surface area contributed by atoms with Gasteiger partial charge in [0, 0.05) is 5.69 Å². The summed E-state index contributed by atoms with van der Waals surface area (Å²) in [6, 6.07) is 8.38. The van der Waals surface area contributed by atoms with Crippen LogP contribution in [0.15, 0.2) is 24.3 Å². The van der Waals surface area contributed by atoms with E-state index in [0.717, 1.165) is 30.7 Å². The van der Waals surface area contributed by atoms with Gasteiger partial charge in [-0.1, -0.05) is 24.3 Å². The Morgan fingerprint density at radius 2 is 2.20 bits per heavy atom. The standard InChI is InChI=1S/C16H18N2O2/c1-11-15(10-19)12(2)18(17-11)9-16-14-6-4-3-5-13(14)7-8-20-16/h3-6,10,16H,7-9H2,1-2H3. The van der Waals surface area contributed by atoms with E-state index in [1.807, 2.05) is 24.6 Å². The highest BCUT2D eigenvalue weighted by Crippen LogP contribution is 2.28. The lowest BCUT2D eigenvalue weighted by molar-refractivity contribution is 0.0278. The Labute approximate surface area is 118 Å². The fourth-order valence-electron chi connectivity index (χ4n) is 2.84. The molecule has 0 spiro atoms. The molecule has 1 unspecified atom stereocenters. The van der Waals surface area contributed by atoms with Crippen molar-refractivity contribution in [1.82, 2.24) is 9.78 Å². The predicted octanol–water partition coefficient (Wildman–Crippen LogP) is 2.63. The van der Waals surface area contributed by atoms with Gasteiger partial charge < -0.3 is 4.74 Å². The van der Waals surface area contributed by atoms with E-state index >= 15 is 0 Å². The van der Waals surface area contributed by atoms with Crippen LogP contribution in [0, 0.1) is 13.8 Å². The average molecular weight is 270 g/mol. The second-order valence-corrected chi connectivity index (χ2v) is 5.19. The minimum Gasteiger partial charge on any atom is -0.371 e. The summed E-state index contributed by atoms with van der Waals surface area (Å²) in [4.78, 5) is 11.1. The van der Waals surface area contributed by atoms with Crippen LogP contribution < -0.4 is 0 Å². The first-order valence-electron chi connectivity index (χ1n) is 6.89. The molecular formula is C16H18N2O2. The van der Waals surface area contributed by atoms with Crippen LogP contribution >= 0.6 is 0 Å². The van der Waals surface area contributed by atoms with E-state index in [1.54, 1.807) is 0 Å². The Hall–Kier alpha value is -1.94. The van der Waals surface area contributed by atoms with E-state index in [9.17, 15) is 4.79 Å². The summed E-state index contributed by atoms with van der Waals surface area (Å²) in [6.45, 7) is 5.18. The third-order valence-corrected chi connectivity index (χ3v) is 3.99. The number of ether oxygens (including phenoxy) is 1. The van der Waals surface area contributed by atoms with E-state index in [4.69, 9.17) is 4.74 Å². The Balaban J connectivity index is 1.91. The zero-order chi connectivity index (χ0) is 14.1. The molecule has 2 heterocycles. The van der Waals surface area contributed by atoms with Crippen LogP contribution in [0.1, 0.15) is 39.0 Å². The molecular weight excluding hydrogens is 252 g/mol. The Bertz CT molecular complexity index is 646. The maximum atomic E-state index is 11.1.